The zero-order valence-corrected chi connectivity index (χ0v) is 9.59. The molecular weight excluding hydrogens is 188 g/mol. The lowest BCUT2D eigenvalue weighted by atomic mass is 9.87. The van der Waals surface area contributed by atoms with Crippen LogP contribution in [-0.2, 0) is 4.79 Å². The van der Waals surface area contributed by atoms with E-state index in [0.29, 0.717) is 6.04 Å². The first kappa shape index (κ1) is 10.9. The highest BCUT2D eigenvalue weighted by atomic mass is 16.2. The van der Waals surface area contributed by atoms with E-state index < -0.39 is 0 Å². The van der Waals surface area contributed by atoms with Gasteiger partial charge in [-0.1, -0.05) is 6.92 Å². The smallest absolute Gasteiger partial charge is 0.237 e. The summed E-state index contributed by atoms with van der Waals surface area (Å²) in [5.41, 5.74) is 0. The van der Waals surface area contributed by atoms with Crippen LogP contribution in [0.1, 0.15) is 45.4 Å². The number of rotatable bonds is 2. The molecule has 0 aromatic carbocycles. The minimum absolute atomic E-state index is 0.0874. The Kier molecular flexibility index (Phi) is 3.62. The minimum Gasteiger partial charge on any atom is -0.352 e. The monoisotopic (exact) mass is 210 g/mol. The maximum absolute atomic E-state index is 11.8. The van der Waals surface area contributed by atoms with E-state index in [0.717, 1.165) is 25.3 Å². The first-order valence-electron chi connectivity index (χ1n) is 6.29. The van der Waals surface area contributed by atoms with Crippen molar-refractivity contribution in [2.75, 3.05) is 6.54 Å². The quantitative estimate of drug-likeness (QED) is 0.724. The highest BCUT2D eigenvalue weighted by molar-refractivity contribution is 5.82. The van der Waals surface area contributed by atoms with Crippen LogP contribution in [0.3, 0.4) is 0 Å². The van der Waals surface area contributed by atoms with Crippen LogP contribution in [0.2, 0.25) is 0 Å². The SMILES string of the molecule is CC1CCC(NC(=O)[C@H]2CCCN2)CC1. The third kappa shape index (κ3) is 2.94. The van der Waals surface area contributed by atoms with Crippen LogP contribution >= 0.6 is 0 Å². The van der Waals surface area contributed by atoms with Gasteiger partial charge in [0.25, 0.3) is 0 Å². The minimum atomic E-state index is 0.0874. The third-order valence-electron chi connectivity index (χ3n) is 3.74. The molecule has 0 unspecified atom stereocenters. The fourth-order valence-corrected chi connectivity index (χ4v) is 2.61. The van der Waals surface area contributed by atoms with E-state index in [1.165, 1.54) is 25.7 Å². The molecule has 0 aromatic heterocycles. The standard InChI is InChI=1S/C12H22N2O/c1-9-4-6-10(7-5-9)14-12(15)11-3-2-8-13-11/h9-11,13H,2-8H2,1H3,(H,14,15)/t9?,10?,11-/m1/s1. The summed E-state index contributed by atoms with van der Waals surface area (Å²) in [5.74, 6) is 1.08. The van der Waals surface area contributed by atoms with E-state index >= 15 is 0 Å². The van der Waals surface area contributed by atoms with Crippen molar-refractivity contribution in [2.24, 2.45) is 5.92 Å². The van der Waals surface area contributed by atoms with Crippen LogP contribution in [-0.4, -0.2) is 24.5 Å². The van der Waals surface area contributed by atoms with Gasteiger partial charge in [0.2, 0.25) is 5.91 Å². The Hall–Kier alpha value is -0.570. The molecule has 1 aliphatic heterocycles. The summed E-state index contributed by atoms with van der Waals surface area (Å²) in [6.07, 6.45) is 7.01. The predicted octanol–water partition coefficient (Wildman–Crippen LogP) is 1.43. The normalized spacial score (nSPS) is 36.5. The molecule has 1 saturated heterocycles. The number of carbonyl (C=O) groups excluding carboxylic acids is 1. The first-order valence-corrected chi connectivity index (χ1v) is 6.29. The Balaban J connectivity index is 1.74. The molecule has 86 valence electrons. The summed E-state index contributed by atoms with van der Waals surface area (Å²) in [6, 6.07) is 0.528. The van der Waals surface area contributed by atoms with Crippen molar-refractivity contribution in [1.82, 2.24) is 10.6 Å². The van der Waals surface area contributed by atoms with Crippen LogP contribution in [0, 0.1) is 5.92 Å². The molecule has 1 atom stereocenters. The van der Waals surface area contributed by atoms with Gasteiger partial charge in [0.1, 0.15) is 0 Å². The topological polar surface area (TPSA) is 41.1 Å². The third-order valence-corrected chi connectivity index (χ3v) is 3.74. The molecule has 0 aromatic rings. The maximum atomic E-state index is 11.8. The molecule has 3 nitrogen and oxygen atoms in total. The van der Waals surface area contributed by atoms with Gasteiger partial charge in [-0.05, 0) is 51.0 Å². The summed E-state index contributed by atoms with van der Waals surface area (Å²) in [7, 11) is 0. The summed E-state index contributed by atoms with van der Waals surface area (Å²) in [5, 5.41) is 6.42. The lowest BCUT2D eigenvalue weighted by molar-refractivity contribution is -0.123. The molecule has 0 radical (unpaired) electrons. The van der Waals surface area contributed by atoms with Gasteiger partial charge in [-0.2, -0.15) is 0 Å². The molecular formula is C12H22N2O. The Morgan fingerprint density at radius 2 is 1.93 bits per heavy atom. The van der Waals surface area contributed by atoms with Crippen LogP contribution in [0.15, 0.2) is 0 Å². The van der Waals surface area contributed by atoms with Crippen LogP contribution < -0.4 is 10.6 Å². The van der Waals surface area contributed by atoms with Crippen molar-refractivity contribution in [1.29, 1.82) is 0 Å². The molecule has 2 N–H and O–H groups in total. The fraction of sp³-hybridized carbons (Fsp3) is 0.917. The van der Waals surface area contributed by atoms with Crippen molar-refractivity contribution in [3.63, 3.8) is 0 Å². The average Bonchev–Trinajstić information content (AvgIpc) is 2.74. The highest BCUT2D eigenvalue weighted by Crippen LogP contribution is 2.23. The Morgan fingerprint density at radius 1 is 1.20 bits per heavy atom. The van der Waals surface area contributed by atoms with Gasteiger partial charge in [0.15, 0.2) is 0 Å². The second-order valence-electron chi connectivity index (χ2n) is 5.11. The maximum Gasteiger partial charge on any atom is 0.237 e. The van der Waals surface area contributed by atoms with Crippen molar-refractivity contribution >= 4 is 5.91 Å². The average molecular weight is 210 g/mol. The summed E-state index contributed by atoms with van der Waals surface area (Å²) in [4.78, 5) is 11.8. The van der Waals surface area contributed by atoms with E-state index in [1.54, 1.807) is 0 Å². The Morgan fingerprint density at radius 3 is 2.53 bits per heavy atom. The van der Waals surface area contributed by atoms with Crippen molar-refractivity contribution in [3.8, 4) is 0 Å². The molecule has 1 saturated carbocycles. The van der Waals surface area contributed by atoms with Gasteiger partial charge < -0.3 is 10.6 Å². The fourth-order valence-electron chi connectivity index (χ4n) is 2.61. The lowest BCUT2D eigenvalue weighted by Gasteiger charge is -2.27. The highest BCUT2D eigenvalue weighted by Gasteiger charge is 2.25. The molecule has 2 aliphatic rings. The molecule has 1 amide bonds. The number of nitrogens with one attached hydrogen (secondary N) is 2. The summed E-state index contributed by atoms with van der Waals surface area (Å²) >= 11 is 0. The van der Waals surface area contributed by atoms with Crippen LogP contribution in [0.25, 0.3) is 0 Å². The van der Waals surface area contributed by atoms with E-state index in [-0.39, 0.29) is 11.9 Å². The molecule has 0 bridgehead atoms. The zero-order valence-electron chi connectivity index (χ0n) is 9.59. The molecule has 2 rings (SSSR count). The number of amides is 1. The van der Waals surface area contributed by atoms with E-state index in [1.807, 2.05) is 0 Å². The van der Waals surface area contributed by atoms with Gasteiger partial charge in [-0.15, -0.1) is 0 Å². The number of hydrogen-bond donors (Lipinski definition) is 2. The molecule has 2 fully saturated rings. The largest absolute Gasteiger partial charge is 0.352 e. The van der Waals surface area contributed by atoms with Crippen LogP contribution in [0.5, 0.6) is 0 Å². The second-order valence-corrected chi connectivity index (χ2v) is 5.11. The summed E-state index contributed by atoms with van der Waals surface area (Å²) < 4.78 is 0. The molecule has 1 heterocycles. The van der Waals surface area contributed by atoms with Crippen molar-refractivity contribution in [3.05, 3.63) is 0 Å². The molecule has 15 heavy (non-hydrogen) atoms. The Bertz CT molecular complexity index is 216. The van der Waals surface area contributed by atoms with Gasteiger partial charge in [-0.25, -0.2) is 0 Å². The second kappa shape index (κ2) is 4.97. The van der Waals surface area contributed by atoms with Gasteiger partial charge in [-0.3, -0.25) is 4.79 Å². The molecule has 3 heteroatoms. The van der Waals surface area contributed by atoms with Crippen molar-refractivity contribution < 1.29 is 4.79 Å². The van der Waals surface area contributed by atoms with Gasteiger partial charge in [0, 0.05) is 6.04 Å². The first-order chi connectivity index (χ1) is 7.25. The van der Waals surface area contributed by atoms with E-state index in [9.17, 15) is 4.79 Å². The lowest BCUT2D eigenvalue weighted by Crippen LogP contribution is -2.46. The van der Waals surface area contributed by atoms with Crippen LogP contribution in [0.4, 0.5) is 0 Å². The zero-order chi connectivity index (χ0) is 10.7. The summed E-state index contributed by atoms with van der Waals surface area (Å²) in [6.45, 7) is 3.30. The Labute approximate surface area is 92.0 Å². The van der Waals surface area contributed by atoms with E-state index in [4.69, 9.17) is 0 Å². The van der Waals surface area contributed by atoms with Gasteiger partial charge >= 0.3 is 0 Å². The van der Waals surface area contributed by atoms with Gasteiger partial charge in [0.05, 0.1) is 6.04 Å². The van der Waals surface area contributed by atoms with E-state index in [2.05, 4.69) is 17.6 Å². The molecule has 0 spiro atoms. The molecule has 1 aliphatic carbocycles. The number of carbonyl (C=O) groups is 1. The number of hydrogen-bond acceptors (Lipinski definition) is 2. The predicted molar refractivity (Wildman–Crippen MR) is 60.6 cm³/mol. The van der Waals surface area contributed by atoms with Crippen molar-refractivity contribution in [2.45, 2.75) is 57.5 Å².